The van der Waals surface area contributed by atoms with Crippen LogP contribution in [0.3, 0.4) is 0 Å². The highest BCUT2D eigenvalue weighted by molar-refractivity contribution is 7.17. The normalized spacial score (nSPS) is 11.8. The number of benzene rings is 2. The molecule has 4 rings (SSSR count). The Morgan fingerprint density at radius 2 is 1.59 bits per heavy atom. The van der Waals surface area contributed by atoms with E-state index < -0.39 is 0 Å². The third-order valence-corrected chi connectivity index (χ3v) is 6.00. The quantitative estimate of drug-likeness (QED) is 0.453. The van der Waals surface area contributed by atoms with Crippen LogP contribution in [-0.2, 0) is 0 Å². The monoisotopic (exact) mass is 399 g/mol. The SMILES string of the molecule is Cc1nc(-c2ccccc2)sc1C(=O)N(C)C(c1ccccc1)c1ccccn1. The summed E-state index contributed by atoms with van der Waals surface area (Å²) >= 11 is 1.43. The summed E-state index contributed by atoms with van der Waals surface area (Å²) < 4.78 is 0. The van der Waals surface area contributed by atoms with Crippen molar-refractivity contribution in [2.75, 3.05) is 7.05 Å². The zero-order valence-electron chi connectivity index (χ0n) is 16.3. The highest BCUT2D eigenvalue weighted by Gasteiger charge is 2.28. The maximum absolute atomic E-state index is 13.5. The molecule has 2 aromatic heterocycles. The van der Waals surface area contributed by atoms with Crippen LogP contribution in [0.4, 0.5) is 0 Å². The van der Waals surface area contributed by atoms with Crippen molar-refractivity contribution in [1.82, 2.24) is 14.9 Å². The summed E-state index contributed by atoms with van der Waals surface area (Å²) in [5, 5.41) is 0.856. The average molecular weight is 400 g/mol. The molecule has 0 aliphatic carbocycles. The first-order valence-corrected chi connectivity index (χ1v) is 10.2. The van der Waals surface area contributed by atoms with E-state index in [1.54, 1.807) is 11.1 Å². The molecule has 0 radical (unpaired) electrons. The van der Waals surface area contributed by atoms with E-state index in [9.17, 15) is 4.79 Å². The van der Waals surface area contributed by atoms with E-state index in [0.29, 0.717) is 4.88 Å². The van der Waals surface area contributed by atoms with Gasteiger partial charge < -0.3 is 4.90 Å². The molecule has 1 unspecified atom stereocenters. The van der Waals surface area contributed by atoms with Crippen molar-refractivity contribution in [3.05, 3.63) is 107 Å². The zero-order chi connectivity index (χ0) is 20.2. The molecule has 29 heavy (non-hydrogen) atoms. The first-order chi connectivity index (χ1) is 14.1. The van der Waals surface area contributed by atoms with Gasteiger partial charge in [0.25, 0.3) is 5.91 Å². The number of carbonyl (C=O) groups is 1. The number of rotatable bonds is 5. The summed E-state index contributed by atoms with van der Waals surface area (Å²) in [6.07, 6.45) is 1.76. The number of thiazole rings is 1. The lowest BCUT2D eigenvalue weighted by Gasteiger charge is -2.28. The van der Waals surface area contributed by atoms with E-state index in [1.165, 1.54) is 11.3 Å². The van der Waals surface area contributed by atoms with Gasteiger partial charge >= 0.3 is 0 Å². The number of pyridine rings is 1. The Hall–Kier alpha value is -3.31. The van der Waals surface area contributed by atoms with Gasteiger partial charge in [-0.2, -0.15) is 0 Å². The predicted molar refractivity (Wildman–Crippen MR) is 117 cm³/mol. The molecule has 1 amide bonds. The summed E-state index contributed by atoms with van der Waals surface area (Å²) in [6.45, 7) is 1.89. The number of nitrogens with zero attached hydrogens (tertiary/aromatic N) is 3. The van der Waals surface area contributed by atoms with Crippen molar-refractivity contribution >= 4 is 17.2 Å². The lowest BCUT2D eigenvalue weighted by atomic mass is 10.0. The molecular formula is C24H21N3OS. The highest BCUT2D eigenvalue weighted by atomic mass is 32.1. The van der Waals surface area contributed by atoms with Crippen LogP contribution < -0.4 is 0 Å². The van der Waals surface area contributed by atoms with Crippen molar-refractivity contribution in [1.29, 1.82) is 0 Å². The van der Waals surface area contributed by atoms with Gasteiger partial charge in [0.15, 0.2) is 0 Å². The first kappa shape index (κ1) is 19.0. The topological polar surface area (TPSA) is 46.1 Å². The van der Waals surface area contributed by atoms with E-state index in [4.69, 9.17) is 0 Å². The zero-order valence-corrected chi connectivity index (χ0v) is 17.1. The molecule has 144 valence electrons. The van der Waals surface area contributed by atoms with Crippen molar-refractivity contribution in [3.63, 3.8) is 0 Å². The van der Waals surface area contributed by atoms with Crippen LogP contribution in [0.25, 0.3) is 10.6 Å². The third kappa shape index (κ3) is 3.96. The number of aryl methyl sites for hydroxylation is 1. The molecule has 0 saturated carbocycles. The minimum absolute atomic E-state index is 0.0540. The summed E-state index contributed by atoms with van der Waals surface area (Å²) in [4.78, 5) is 25.0. The van der Waals surface area contributed by atoms with Gasteiger partial charge in [-0.3, -0.25) is 9.78 Å². The minimum Gasteiger partial charge on any atom is -0.328 e. The average Bonchev–Trinajstić information content (AvgIpc) is 3.17. The predicted octanol–water partition coefficient (Wildman–Crippen LogP) is 5.38. The largest absolute Gasteiger partial charge is 0.328 e. The fraction of sp³-hybridized carbons (Fsp3) is 0.125. The summed E-state index contributed by atoms with van der Waals surface area (Å²) in [7, 11) is 1.83. The smallest absolute Gasteiger partial charge is 0.266 e. The number of hydrogen-bond donors (Lipinski definition) is 0. The molecule has 5 heteroatoms. The van der Waals surface area contributed by atoms with Crippen molar-refractivity contribution in [2.24, 2.45) is 0 Å². The van der Waals surface area contributed by atoms with Crippen LogP contribution in [0.15, 0.2) is 85.1 Å². The maximum atomic E-state index is 13.5. The fourth-order valence-electron chi connectivity index (χ4n) is 3.34. The van der Waals surface area contributed by atoms with Crippen LogP contribution in [0, 0.1) is 6.92 Å². The molecular weight excluding hydrogens is 378 g/mol. The van der Waals surface area contributed by atoms with E-state index in [-0.39, 0.29) is 11.9 Å². The molecule has 0 fully saturated rings. The second kappa shape index (κ2) is 8.37. The molecule has 0 spiro atoms. The van der Waals surface area contributed by atoms with E-state index in [0.717, 1.165) is 27.5 Å². The minimum atomic E-state index is -0.272. The highest BCUT2D eigenvalue weighted by Crippen LogP contribution is 2.32. The van der Waals surface area contributed by atoms with Crippen molar-refractivity contribution < 1.29 is 4.79 Å². The summed E-state index contributed by atoms with van der Waals surface area (Å²) in [6, 6.07) is 25.4. The summed E-state index contributed by atoms with van der Waals surface area (Å²) in [5.41, 5.74) is 3.62. The molecule has 0 saturated heterocycles. The van der Waals surface area contributed by atoms with Gasteiger partial charge in [-0.05, 0) is 24.6 Å². The molecule has 2 heterocycles. The van der Waals surface area contributed by atoms with Gasteiger partial charge in [0, 0.05) is 18.8 Å². The second-order valence-electron chi connectivity index (χ2n) is 6.78. The molecule has 4 aromatic rings. The van der Waals surface area contributed by atoms with Crippen molar-refractivity contribution in [2.45, 2.75) is 13.0 Å². The number of amides is 1. The first-order valence-electron chi connectivity index (χ1n) is 9.41. The van der Waals surface area contributed by atoms with E-state index in [1.807, 2.05) is 92.8 Å². The van der Waals surface area contributed by atoms with E-state index in [2.05, 4.69) is 9.97 Å². The molecule has 0 bridgehead atoms. The number of aromatic nitrogens is 2. The Bertz CT molecular complexity index is 1060. The lowest BCUT2D eigenvalue weighted by molar-refractivity contribution is 0.0756. The van der Waals surface area contributed by atoms with Crippen LogP contribution in [0.1, 0.15) is 32.7 Å². The van der Waals surface area contributed by atoms with Crippen LogP contribution >= 0.6 is 11.3 Å². The maximum Gasteiger partial charge on any atom is 0.266 e. The Labute approximate surface area is 174 Å². The van der Waals surface area contributed by atoms with E-state index >= 15 is 0 Å². The molecule has 0 aliphatic heterocycles. The van der Waals surface area contributed by atoms with Crippen LogP contribution in [0.5, 0.6) is 0 Å². The number of hydrogen-bond acceptors (Lipinski definition) is 4. The molecule has 4 nitrogen and oxygen atoms in total. The fourth-order valence-corrected chi connectivity index (χ4v) is 4.40. The molecule has 2 aromatic carbocycles. The molecule has 0 N–H and O–H groups in total. The van der Waals surface area contributed by atoms with Gasteiger partial charge in [0.1, 0.15) is 9.88 Å². The lowest BCUT2D eigenvalue weighted by Crippen LogP contribution is -2.32. The van der Waals surface area contributed by atoms with Gasteiger partial charge in [0.2, 0.25) is 0 Å². The van der Waals surface area contributed by atoms with Gasteiger partial charge in [0.05, 0.1) is 17.4 Å². The summed E-state index contributed by atoms with van der Waals surface area (Å²) in [5.74, 6) is -0.0540. The van der Waals surface area contributed by atoms with Gasteiger partial charge in [-0.15, -0.1) is 11.3 Å². The van der Waals surface area contributed by atoms with Gasteiger partial charge in [-0.25, -0.2) is 4.98 Å². The van der Waals surface area contributed by atoms with Crippen molar-refractivity contribution in [3.8, 4) is 10.6 Å². The Morgan fingerprint density at radius 3 is 2.24 bits per heavy atom. The van der Waals surface area contributed by atoms with Gasteiger partial charge in [-0.1, -0.05) is 66.7 Å². The molecule has 0 aliphatic rings. The Morgan fingerprint density at radius 1 is 0.931 bits per heavy atom. The second-order valence-corrected chi connectivity index (χ2v) is 7.78. The number of carbonyl (C=O) groups excluding carboxylic acids is 1. The van der Waals surface area contributed by atoms with Crippen LogP contribution in [0.2, 0.25) is 0 Å². The Balaban J connectivity index is 1.71. The molecule has 1 atom stereocenters. The third-order valence-electron chi connectivity index (χ3n) is 4.80. The standard InChI is InChI=1S/C24H21N3OS/c1-17-22(29-23(26-17)19-13-7-4-8-14-19)24(28)27(2)21(18-11-5-3-6-12-18)20-15-9-10-16-25-20/h3-16,21H,1-2H3. The Kier molecular flexibility index (Phi) is 5.49. The van der Waals surface area contributed by atoms with Crippen LogP contribution in [-0.4, -0.2) is 27.8 Å².